The van der Waals surface area contributed by atoms with Crippen molar-refractivity contribution in [2.75, 3.05) is 51.6 Å². The van der Waals surface area contributed by atoms with Gasteiger partial charge in [-0.25, -0.2) is 0 Å². The van der Waals surface area contributed by atoms with Gasteiger partial charge >= 0.3 is 0 Å². The lowest BCUT2D eigenvalue weighted by atomic mass is 10.1. The van der Waals surface area contributed by atoms with Crippen LogP contribution in [0.1, 0.15) is 6.92 Å². The summed E-state index contributed by atoms with van der Waals surface area (Å²) in [5.74, 6) is 3.95. The van der Waals surface area contributed by atoms with Gasteiger partial charge in [-0.1, -0.05) is 0 Å². The lowest BCUT2D eigenvalue weighted by Gasteiger charge is -2.17. The standard InChI is InChI=1S/C19H25O4S/c1-3-21-8-9-23-18-6-7-19(24-12-10-22-11-13-24)16-5-4-15(20-2)14-17(16)18/h4-7,14H,3,8-13H2,1-2H3/q+1. The van der Waals surface area contributed by atoms with Crippen LogP contribution in [-0.2, 0) is 20.4 Å². The summed E-state index contributed by atoms with van der Waals surface area (Å²) in [6.45, 7) is 5.57. The molecule has 2 aromatic rings. The van der Waals surface area contributed by atoms with Crippen LogP contribution in [-0.4, -0.2) is 51.6 Å². The number of hydrogen-bond acceptors (Lipinski definition) is 4. The third kappa shape index (κ3) is 3.97. The van der Waals surface area contributed by atoms with Crippen LogP contribution in [0.15, 0.2) is 35.2 Å². The highest BCUT2D eigenvalue weighted by molar-refractivity contribution is 7.97. The second kappa shape index (κ2) is 8.60. The van der Waals surface area contributed by atoms with Crippen molar-refractivity contribution in [2.24, 2.45) is 0 Å². The number of benzene rings is 2. The second-order valence-corrected chi connectivity index (χ2v) is 7.77. The van der Waals surface area contributed by atoms with Crippen molar-refractivity contribution >= 4 is 21.7 Å². The van der Waals surface area contributed by atoms with Crippen molar-refractivity contribution in [2.45, 2.75) is 11.8 Å². The van der Waals surface area contributed by atoms with Gasteiger partial charge in [0, 0.05) is 28.3 Å². The molecule has 0 bridgehead atoms. The molecule has 1 fully saturated rings. The molecular weight excluding hydrogens is 324 g/mol. The summed E-state index contributed by atoms with van der Waals surface area (Å²) in [5, 5.41) is 2.37. The molecule has 130 valence electrons. The summed E-state index contributed by atoms with van der Waals surface area (Å²) in [6.07, 6.45) is 0. The molecule has 1 saturated heterocycles. The van der Waals surface area contributed by atoms with Crippen LogP contribution in [0.4, 0.5) is 0 Å². The lowest BCUT2D eigenvalue weighted by molar-refractivity contribution is 0.111. The van der Waals surface area contributed by atoms with Crippen molar-refractivity contribution in [1.29, 1.82) is 0 Å². The van der Waals surface area contributed by atoms with E-state index in [1.165, 1.54) is 10.3 Å². The van der Waals surface area contributed by atoms with Crippen LogP contribution in [0.2, 0.25) is 0 Å². The molecule has 3 rings (SSSR count). The maximum absolute atomic E-state index is 5.96. The summed E-state index contributed by atoms with van der Waals surface area (Å²) in [6, 6.07) is 10.6. The molecule has 0 aromatic heterocycles. The Morgan fingerprint density at radius 2 is 1.88 bits per heavy atom. The van der Waals surface area contributed by atoms with Gasteiger partial charge in [0.2, 0.25) is 0 Å². The molecule has 5 heteroatoms. The van der Waals surface area contributed by atoms with Crippen LogP contribution in [0.3, 0.4) is 0 Å². The maximum Gasteiger partial charge on any atom is 0.163 e. The molecule has 24 heavy (non-hydrogen) atoms. The van der Waals surface area contributed by atoms with E-state index in [9.17, 15) is 0 Å². The Bertz CT molecular complexity index is 668. The van der Waals surface area contributed by atoms with Crippen molar-refractivity contribution < 1.29 is 18.9 Å². The van der Waals surface area contributed by atoms with E-state index in [4.69, 9.17) is 18.9 Å². The molecule has 1 aliphatic rings. The van der Waals surface area contributed by atoms with E-state index in [1.54, 1.807) is 7.11 Å². The second-order valence-electron chi connectivity index (χ2n) is 5.53. The first kappa shape index (κ1) is 17.4. The number of methoxy groups -OCH3 is 1. The molecule has 0 saturated carbocycles. The van der Waals surface area contributed by atoms with Crippen LogP contribution in [0.25, 0.3) is 10.8 Å². The zero-order valence-electron chi connectivity index (χ0n) is 14.4. The number of ether oxygens (including phenoxy) is 4. The number of fused-ring (bicyclic) bond motifs is 1. The van der Waals surface area contributed by atoms with Gasteiger partial charge < -0.3 is 18.9 Å². The van der Waals surface area contributed by atoms with Gasteiger partial charge in [-0.3, -0.25) is 0 Å². The van der Waals surface area contributed by atoms with Gasteiger partial charge in [-0.2, -0.15) is 0 Å². The lowest BCUT2D eigenvalue weighted by Crippen LogP contribution is -2.26. The molecule has 0 spiro atoms. The van der Waals surface area contributed by atoms with Gasteiger partial charge in [0.25, 0.3) is 0 Å². The highest BCUT2D eigenvalue weighted by Gasteiger charge is 2.28. The molecule has 4 nitrogen and oxygen atoms in total. The molecule has 1 aliphatic heterocycles. The van der Waals surface area contributed by atoms with E-state index in [-0.39, 0.29) is 10.9 Å². The number of rotatable bonds is 7. The molecule has 0 radical (unpaired) electrons. The number of hydrogen-bond donors (Lipinski definition) is 0. The quantitative estimate of drug-likeness (QED) is 0.568. The molecule has 2 aromatic carbocycles. The van der Waals surface area contributed by atoms with Gasteiger partial charge in [0.1, 0.15) is 29.6 Å². The van der Waals surface area contributed by atoms with E-state index >= 15 is 0 Å². The molecule has 1 heterocycles. The Hall–Kier alpha value is -1.43. The SMILES string of the molecule is CCOCCOc1ccc([S+]2CCOCC2)c2ccc(OC)cc12. The fourth-order valence-electron chi connectivity index (χ4n) is 2.88. The van der Waals surface area contributed by atoms with Crippen LogP contribution in [0, 0.1) is 0 Å². The highest BCUT2D eigenvalue weighted by atomic mass is 32.2. The zero-order valence-corrected chi connectivity index (χ0v) is 15.2. The van der Waals surface area contributed by atoms with E-state index in [2.05, 4.69) is 24.3 Å². The molecule has 0 amide bonds. The fraction of sp³-hybridized carbons (Fsp3) is 0.474. The summed E-state index contributed by atoms with van der Waals surface area (Å²) >= 11 is 0. The maximum atomic E-state index is 5.96. The van der Waals surface area contributed by atoms with Gasteiger partial charge in [0.05, 0.1) is 26.9 Å². The predicted octanol–water partition coefficient (Wildman–Crippen LogP) is 3.27. The third-order valence-corrected chi connectivity index (χ3v) is 6.39. The predicted molar refractivity (Wildman–Crippen MR) is 98.7 cm³/mol. The van der Waals surface area contributed by atoms with Crippen molar-refractivity contribution in [3.63, 3.8) is 0 Å². The van der Waals surface area contributed by atoms with E-state index < -0.39 is 0 Å². The van der Waals surface area contributed by atoms with Crippen LogP contribution in [0.5, 0.6) is 11.5 Å². The normalized spacial score (nSPS) is 15.6. The fourth-order valence-corrected chi connectivity index (χ4v) is 4.91. The average molecular weight is 349 g/mol. The topological polar surface area (TPSA) is 36.9 Å². The minimum Gasteiger partial charge on any atom is -0.497 e. The Morgan fingerprint density at radius 1 is 1.04 bits per heavy atom. The van der Waals surface area contributed by atoms with Gasteiger partial charge in [-0.05, 0) is 37.3 Å². The highest BCUT2D eigenvalue weighted by Crippen LogP contribution is 2.35. The summed E-state index contributed by atoms with van der Waals surface area (Å²) in [5.41, 5.74) is 0. The smallest absolute Gasteiger partial charge is 0.163 e. The summed E-state index contributed by atoms with van der Waals surface area (Å²) < 4.78 is 22.3. The first-order valence-electron chi connectivity index (χ1n) is 8.40. The van der Waals surface area contributed by atoms with Gasteiger partial charge in [0.15, 0.2) is 4.90 Å². The van der Waals surface area contributed by atoms with E-state index in [0.717, 1.165) is 41.6 Å². The summed E-state index contributed by atoms with van der Waals surface area (Å²) in [4.78, 5) is 1.41. The van der Waals surface area contributed by atoms with Gasteiger partial charge in [-0.15, -0.1) is 0 Å². The minimum atomic E-state index is 0.246. The summed E-state index contributed by atoms with van der Waals surface area (Å²) in [7, 11) is 1.94. The molecule has 0 unspecified atom stereocenters. The Balaban J connectivity index is 1.93. The zero-order chi connectivity index (χ0) is 16.8. The minimum absolute atomic E-state index is 0.246. The largest absolute Gasteiger partial charge is 0.497 e. The molecule has 0 N–H and O–H groups in total. The first-order valence-corrected chi connectivity index (χ1v) is 9.96. The third-order valence-electron chi connectivity index (χ3n) is 4.09. The molecular formula is C19H25O4S+. The first-order chi connectivity index (χ1) is 11.8. The Morgan fingerprint density at radius 3 is 2.62 bits per heavy atom. The van der Waals surface area contributed by atoms with Crippen molar-refractivity contribution in [3.8, 4) is 11.5 Å². The molecule has 0 aliphatic carbocycles. The van der Waals surface area contributed by atoms with Crippen LogP contribution < -0.4 is 9.47 Å². The van der Waals surface area contributed by atoms with Crippen LogP contribution >= 0.6 is 0 Å². The van der Waals surface area contributed by atoms with Crippen molar-refractivity contribution in [3.05, 3.63) is 30.3 Å². The van der Waals surface area contributed by atoms with Crippen molar-refractivity contribution in [1.82, 2.24) is 0 Å². The van der Waals surface area contributed by atoms with E-state index in [0.29, 0.717) is 19.8 Å². The monoisotopic (exact) mass is 349 g/mol. The van der Waals surface area contributed by atoms with E-state index in [1.807, 2.05) is 13.0 Å². The average Bonchev–Trinajstić information content (AvgIpc) is 2.65. The Kier molecular flexibility index (Phi) is 6.24. The molecule has 0 atom stereocenters. The Labute approximate surface area is 146 Å².